The van der Waals surface area contributed by atoms with Gasteiger partial charge in [0.2, 0.25) is 0 Å². The summed E-state index contributed by atoms with van der Waals surface area (Å²) in [7, 11) is 0. The van der Waals surface area contributed by atoms with E-state index in [1.54, 1.807) is 6.92 Å². The third kappa shape index (κ3) is 8.80. The van der Waals surface area contributed by atoms with E-state index in [-0.39, 0.29) is 45.8 Å². The maximum Gasteiger partial charge on any atom is 0.148 e. The zero-order chi connectivity index (χ0) is 39.5. The van der Waals surface area contributed by atoms with Crippen molar-refractivity contribution in [3.63, 3.8) is 0 Å². The van der Waals surface area contributed by atoms with Crippen LogP contribution in [0.15, 0.2) is 28.7 Å². The molecule has 54 heavy (non-hydrogen) atoms. The molecule has 0 amide bonds. The third-order valence-electron chi connectivity index (χ3n) is 13.2. The molecular weight excluding hydrogens is 740 g/mol. The average molecular weight is 798 g/mol. The molecule has 0 saturated heterocycles. The third-order valence-corrected chi connectivity index (χ3v) is 13.6. The normalized spacial score (nSPS) is 28.3. The summed E-state index contributed by atoms with van der Waals surface area (Å²) in [4.78, 5) is 76.4. The number of halogens is 1. The van der Waals surface area contributed by atoms with Crippen molar-refractivity contribution in [2.45, 2.75) is 150 Å². The molecule has 4 aliphatic carbocycles. The Morgan fingerprint density at radius 2 is 0.926 bits per heavy atom. The van der Waals surface area contributed by atoms with Crippen LogP contribution in [0, 0.1) is 62.2 Å². The molecule has 288 valence electrons. The molecule has 6 rings (SSSR count). The van der Waals surface area contributed by atoms with Gasteiger partial charge in [0, 0.05) is 60.4 Å². The number of rotatable bonds is 6. The van der Waals surface area contributed by atoms with Crippen molar-refractivity contribution in [3.8, 4) is 11.8 Å². The number of benzene rings is 2. The summed E-state index contributed by atoms with van der Waals surface area (Å²) in [5, 5.41) is 0. The average Bonchev–Trinajstić information content (AvgIpc) is 3.10. The lowest BCUT2D eigenvalue weighted by Gasteiger charge is -2.43. The zero-order valence-corrected chi connectivity index (χ0v) is 34.9. The van der Waals surface area contributed by atoms with Gasteiger partial charge in [-0.15, -0.1) is 5.92 Å². The molecule has 4 fully saturated rings. The van der Waals surface area contributed by atoms with Crippen LogP contribution >= 0.6 is 15.9 Å². The number of Topliss-reactive ketones (excluding diaryl/α,β-unsaturated/α-hetero) is 6. The van der Waals surface area contributed by atoms with Gasteiger partial charge in [-0.1, -0.05) is 35.7 Å². The van der Waals surface area contributed by atoms with Gasteiger partial charge >= 0.3 is 0 Å². The summed E-state index contributed by atoms with van der Waals surface area (Å²) < 4.78 is 0.974. The Labute approximate surface area is 330 Å². The van der Waals surface area contributed by atoms with Gasteiger partial charge in [-0.2, -0.15) is 0 Å². The van der Waals surface area contributed by atoms with Gasteiger partial charge in [0.25, 0.3) is 0 Å². The molecular formula is C47H57BrO6. The van der Waals surface area contributed by atoms with E-state index in [9.17, 15) is 28.8 Å². The van der Waals surface area contributed by atoms with Crippen molar-refractivity contribution < 1.29 is 28.8 Å². The van der Waals surface area contributed by atoms with Crippen LogP contribution < -0.4 is 0 Å². The highest BCUT2D eigenvalue weighted by atomic mass is 79.9. The van der Waals surface area contributed by atoms with Crippen molar-refractivity contribution in [3.05, 3.63) is 67.7 Å². The van der Waals surface area contributed by atoms with E-state index < -0.39 is 11.8 Å². The SMILES string of the molecule is CC#Cc1cc(C)c(C2C(=O)CC3(CCC(C(=O)CC)CC3)CC2=O)c(C)c1.CCC(=O)C1CCC2(CC1)CC(=O)C(c1c(C)cc(Br)cc1C)C(=O)C2. The summed E-state index contributed by atoms with van der Waals surface area (Å²) in [6, 6.07) is 7.92. The highest BCUT2D eigenvalue weighted by Crippen LogP contribution is 2.52. The van der Waals surface area contributed by atoms with E-state index in [1.807, 2.05) is 65.8 Å². The molecule has 0 heterocycles. The van der Waals surface area contributed by atoms with Crippen molar-refractivity contribution >= 4 is 50.6 Å². The predicted octanol–water partition coefficient (Wildman–Crippen LogP) is 10.1. The van der Waals surface area contributed by atoms with E-state index in [1.165, 1.54) is 0 Å². The Morgan fingerprint density at radius 3 is 1.22 bits per heavy atom. The molecule has 4 saturated carbocycles. The standard InChI is InChI=1S/C25H30O3.C22H27BrO3/c1-5-7-18-12-16(3)23(17(4)13-18)24-21(27)14-25(15-22(24)28)10-8-19(9-11-25)20(26)6-2;1-4-17(24)15-5-7-22(8-6-15)11-18(25)21(19(26)12-22)20-13(2)9-16(23)10-14(20)3/h12-13,19,24H,6,8-11,14-15H2,1-4H3;9-10,15,21H,4-8,11-12H2,1-3H3. The van der Waals surface area contributed by atoms with E-state index >= 15 is 0 Å². The number of carbonyl (C=O) groups excluding carboxylic acids is 6. The summed E-state index contributed by atoms with van der Waals surface area (Å²) in [6.45, 7) is 13.5. The van der Waals surface area contributed by atoms with Gasteiger partial charge in [0.05, 0.1) is 0 Å². The Morgan fingerprint density at radius 1 is 0.611 bits per heavy atom. The van der Waals surface area contributed by atoms with Gasteiger partial charge in [-0.25, -0.2) is 0 Å². The van der Waals surface area contributed by atoms with Crippen molar-refractivity contribution in [1.82, 2.24) is 0 Å². The molecule has 0 N–H and O–H groups in total. The minimum Gasteiger partial charge on any atom is -0.299 e. The largest absolute Gasteiger partial charge is 0.299 e. The number of ketones is 6. The first-order valence-corrected chi connectivity index (χ1v) is 20.8. The van der Waals surface area contributed by atoms with Crippen LogP contribution in [0.2, 0.25) is 0 Å². The molecule has 0 aliphatic heterocycles. The summed E-state index contributed by atoms with van der Waals surface area (Å²) in [6.07, 6.45) is 9.62. The lowest BCUT2D eigenvalue weighted by Crippen LogP contribution is -2.42. The van der Waals surface area contributed by atoms with E-state index in [2.05, 4.69) is 27.8 Å². The molecule has 2 aromatic rings. The van der Waals surface area contributed by atoms with E-state index in [4.69, 9.17) is 0 Å². The van der Waals surface area contributed by atoms with Gasteiger partial charge in [-0.3, -0.25) is 28.8 Å². The molecule has 0 bridgehead atoms. The Balaban J connectivity index is 0.000000208. The zero-order valence-electron chi connectivity index (χ0n) is 33.3. The van der Waals surface area contributed by atoms with Crippen LogP contribution in [0.4, 0.5) is 0 Å². The van der Waals surface area contributed by atoms with Crippen LogP contribution in [-0.2, 0) is 28.8 Å². The molecule has 2 spiro atoms. The van der Waals surface area contributed by atoms with Crippen LogP contribution in [0.1, 0.15) is 161 Å². The van der Waals surface area contributed by atoms with Crippen LogP contribution in [0.25, 0.3) is 0 Å². The monoisotopic (exact) mass is 796 g/mol. The summed E-state index contributed by atoms with van der Waals surface area (Å²) in [5.74, 6) is 5.85. The molecule has 4 aliphatic rings. The predicted molar refractivity (Wildman–Crippen MR) is 215 cm³/mol. The first kappa shape index (κ1) is 41.7. The number of carbonyl (C=O) groups is 6. The second-order valence-electron chi connectivity index (χ2n) is 17.0. The van der Waals surface area contributed by atoms with E-state index in [0.29, 0.717) is 50.1 Å². The maximum atomic E-state index is 13.1. The molecule has 0 radical (unpaired) electrons. The Kier molecular flexibility index (Phi) is 13.2. The quantitative estimate of drug-likeness (QED) is 0.213. The first-order valence-electron chi connectivity index (χ1n) is 20.0. The van der Waals surface area contributed by atoms with E-state index in [0.717, 1.165) is 94.8 Å². The molecule has 0 unspecified atom stereocenters. The summed E-state index contributed by atoms with van der Waals surface area (Å²) in [5.41, 5.74) is 6.21. The minimum absolute atomic E-state index is 0.0528. The van der Waals surface area contributed by atoms with Crippen molar-refractivity contribution in [1.29, 1.82) is 0 Å². The fourth-order valence-corrected chi connectivity index (χ4v) is 11.1. The highest BCUT2D eigenvalue weighted by molar-refractivity contribution is 9.10. The lowest BCUT2D eigenvalue weighted by molar-refractivity contribution is -0.140. The minimum atomic E-state index is -0.635. The van der Waals surface area contributed by atoms with Gasteiger partial charge in [0.1, 0.15) is 46.5 Å². The lowest BCUT2D eigenvalue weighted by atomic mass is 9.59. The molecule has 2 aromatic carbocycles. The first-order chi connectivity index (χ1) is 25.6. The topological polar surface area (TPSA) is 102 Å². The fraction of sp³-hybridized carbons (Fsp3) is 0.574. The number of hydrogen-bond donors (Lipinski definition) is 0. The summed E-state index contributed by atoms with van der Waals surface area (Å²) >= 11 is 3.48. The van der Waals surface area contributed by atoms with Crippen molar-refractivity contribution in [2.24, 2.45) is 22.7 Å². The second kappa shape index (κ2) is 17.1. The Hall–Kier alpha value is -3.50. The van der Waals surface area contributed by atoms with Gasteiger partial charge in [-0.05, 0) is 154 Å². The highest BCUT2D eigenvalue weighted by Gasteiger charge is 2.49. The van der Waals surface area contributed by atoms with Gasteiger partial charge in [0.15, 0.2) is 0 Å². The molecule has 0 atom stereocenters. The second-order valence-corrected chi connectivity index (χ2v) is 17.9. The number of aryl methyl sites for hydroxylation is 4. The smallest absolute Gasteiger partial charge is 0.148 e. The Bertz CT molecular complexity index is 1820. The van der Waals surface area contributed by atoms with Crippen LogP contribution in [0.5, 0.6) is 0 Å². The van der Waals surface area contributed by atoms with Crippen molar-refractivity contribution in [2.75, 3.05) is 0 Å². The van der Waals surface area contributed by atoms with Gasteiger partial charge < -0.3 is 0 Å². The number of hydrogen-bond acceptors (Lipinski definition) is 6. The molecule has 0 aromatic heterocycles. The fourth-order valence-electron chi connectivity index (χ4n) is 10.4. The molecule has 6 nitrogen and oxygen atoms in total. The molecule has 7 heteroatoms. The van der Waals surface area contributed by atoms with Crippen LogP contribution in [0.3, 0.4) is 0 Å². The van der Waals surface area contributed by atoms with Crippen LogP contribution in [-0.4, -0.2) is 34.7 Å². The maximum absolute atomic E-state index is 13.1.